The molecule has 0 aliphatic heterocycles. The third-order valence-corrected chi connectivity index (χ3v) is 5.71. The Bertz CT molecular complexity index is 1310. The summed E-state index contributed by atoms with van der Waals surface area (Å²) in [7, 11) is -3.82. The van der Waals surface area contributed by atoms with Gasteiger partial charge in [0, 0.05) is 17.8 Å². The zero-order valence-corrected chi connectivity index (χ0v) is 16.5. The third-order valence-electron chi connectivity index (χ3n) is 4.78. The van der Waals surface area contributed by atoms with Gasteiger partial charge >= 0.3 is 0 Å². The normalized spacial score (nSPS) is 12.9. The topological polar surface area (TPSA) is 115 Å². The van der Waals surface area contributed by atoms with Gasteiger partial charge in [0.1, 0.15) is 11.6 Å². The zero-order valence-electron chi connectivity index (χ0n) is 15.6. The Balaban J connectivity index is 1.78. The second-order valence-electron chi connectivity index (χ2n) is 6.99. The number of sulfonamides is 1. The van der Waals surface area contributed by atoms with E-state index in [9.17, 15) is 17.2 Å². The van der Waals surface area contributed by atoms with Gasteiger partial charge < -0.3 is 10.7 Å². The van der Waals surface area contributed by atoms with Gasteiger partial charge in [-0.25, -0.2) is 27.3 Å². The molecular formula is C21H18F2N4O2S. The number of aromatic nitrogens is 2. The molecule has 5 N–H and O–H groups in total. The van der Waals surface area contributed by atoms with E-state index in [2.05, 4.69) is 9.97 Å². The van der Waals surface area contributed by atoms with E-state index in [4.69, 9.17) is 10.9 Å². The standard InChI is InChI=1S/C21H18F2N4O2S/c22-14-7-12(8-15(23)10-14)9-18(24)21-17(11-20-19(27-21)5-6-26-20)13-1-3-16(4-2-13)30(25,28)29/h1-8,10-11,18,26H,9,24H2,(H2,25,28,29)/t18-/m0/s1. The van der Waals surface area contributed by atoms with E-state index in [1.807, 2.05) is 6.07 Å². The number of nitrogens with two attached hydrogens (primary N) is 2. The third kappa shape index (κ3) is 4.09. The van der Waals surface area contributed by atoms with Crippen LogP contribution in [0.5, 0.6) is 0 Å². The minimum Gasteiger partial charge on any atom is -0.360 e. The van der Waals surface area contributed by atoms with Gasteiger partial charge in [-0.2, -0.15) is 0 Å². The molecule has 0 radical (unpaired) electrons. The predicted molar refractivity (Wildman–Crippen MR) is 110 cm³/mol. The van der Waals surface area contributed by atoms with Gasteiger partial charge in [0.15, 0.2) is 0 Å². The Hall–Kier alpha value is -3.14. The van der Waals surface area contributed by atoms with Crippen LogP contribution in [0, 0.1) is 11.6 Å². The van der Waals surface area contributed by atoms with Crippen molar-refractivity contribution in [3.05, 3.63) is 83.7 Å². The molecule has 2 aromatic heterocycles. The lowest BCUT2D eigenvalue weighted by atomic mass is 9.95. The molecule has 154 valence electrons. The Kier molecular flexibility index (Phi) is 5.10. The summed E-state index contributed by atoms with van der Waals surface area (Å²) in [6, 6.07) is 12.3. The lowest BCUT2D eigenvalue weighted by molar-refractivity contribution is 0.576. The highest BCUT2D eigenvalue weighted by atomic mass is 32.2. The summed E-state index contributed by atoms with van der Waals surface area (Å²) >= 11 is 0. The van der Waals surface area contributed by atoms with E-state index < -0.39 is 27.7 Å². The molecular weight excluding hydrogens is 410 g/mol. The number of hydrogen-bond acceptors (Lipinski definition) is 4. The molecule has 0 aliphatic rings. The second kappa shape index (κ2) is 7.60. The van der Waals surface area contributed by atoms with E-state index in [0.29, 0.717) is 27.9 Å². The highest BCUT2D eigenvalue weighted by Gasteiger charge is 2.18. The molecule has 4 aromatic rings. The van der Waals surface area contributed by atoms with Crippen LogP contribution in [-0.2, 0) is 16.4 Å². The highest BCUT2D eigenvalue weighted by Crippen LogP contribution is 2.31. The molecule has 1 atom stereocenters. The number of nitrogens with zero attached hydrogens (tertiary/aromatic N) is 1. The molecule has 9 heteroatoms. The number of rotatable bonds is 5. The van der Waals surface area contributed by atoms with Crippen molar-refractivity contribution in [2.45, 2.75) is 17.4 Å². The average Bonchev–Trinajstić information content (AvgIpc) is 3.13. The van der Waals surface area contributed by atoms with Gasteiger partial charge in [0.25, 0.3) is 0 Å². The molecule has 30 heavy (non-hydrogen) atoms. The molecule has 0 saturated carbocycles. The fraction of sp³-hybridized carbons (Fsp3) is 0.0952. The number of benzene rings is 2. The fourth-order valence-corrected chi connectivity index (χ4v) is 3.93. The molecule has 6 nitrogen and oxygen atoms in total. The van der Waals surface area contributed by atoms with Crippen molar-refractivity contribution in [1.82, 2.24) is 9.97 Å². The van der Waals surface area contributed by atoms with E-state index in [1.54, 1.807) is 24.4 Å². The van der Waals surface area contributed by atoms with E-state index in [-0.39, 0.29) is 11.3 Å². The van der Waals surface area contributed by atoms with Crippen molar-refractivity contribution in [2.75, 3.05) is 0 Å². The van der Waals surface area contributed by atoms with Crippen LogP contribution in [0.3, 0.4) is 0 Å². The Labute approximate surface area is 171 Å². The fourth-order valence-electron chi connectivity index (χ4n) is 3.41. The largest absolute Gasteiger partial charge is 0.360 e. The number of pyridine rings is 1. The van der Waals surface area contributed by atoms with Gasteiger partial charge in [0.05, 0.1) is 27.7 Å². The summed E-state index contributed by atoms with van der Waals surface area (Å²) in [5, 5.41) is 5.17. The summed E-state index contributed by atoms with van der Waals surface area (Å²) in [4.78, 5) is 7.70. The predicted octanol–water partition coefficient (Wildman–Crippen LogP) is 3.40. The van der Waals surface area contributed by atoms with Gasteiger partial charge in [-0.1, -0.05) is 12.1 Å². The van der Waals surface area contributed by atoms with Crippen molar-refractivity contribution in [2.24, 2.45) is 10.9 Å². The molecule has 0 saturated heterocycles. The summed E-state index contributed by atoms with van der Waals surface area (Å²) < 4.78 is 50.2. The summed E-state index contributed by atoms with van der Waals surface area (Å²) in [6.07, 6.45) is 1.91. The Morgan fingerprint density at radius 2 is 1.67 bits per heavy atom. The van der Waals surface area contributed by atoms with E-state index in [1.165, 1.54) is 24.3 Å². The van der Waals surface area contributed by atoms with Crippen LogP contribution < -0.4 is 10.9 Å². The zero-order chi connectivity index (χ0) is 21.5. The lowest BCUT2D eigenvalue weighted by Gasteiger charge is -2.17. The number of nitrogens with one attached hydrogen (secondary N) is 1. The number of aromatic amines is 1. The van der Waals surface area contributed by atoms with Crippen molar-refractivity contribution < 1.29 is 17.2 Å². The number of hydrogen-bond donors (Lipinski definition) is 3. The quantitative estimate of drug-likeness (QED) is 0.452. The highest BCUT2D eigenvalue weighted by molar-refractivity contribution is 7.89. The van der Waals surface area contributed by atoms with Crippen LogP contribution in [0.2, 0.25) is 0 Å². The van der Waals surface area contributed by atoms with Crippen LogP contribution in [0.1, 0.15) is 17.3 Å². The molecule has 0 aliphatic carbocycles. The number of primary sulfonamides is 1. The van der Waals surface area contributed by atoms with Crippen LogP contribution in [0.4, 0.5) is 8.78 Å². The number of H-pyrrole nitrogens is 1. The van der Waals surface area contributed by atoms with Crippen molar-refractivity contribution >= 4 is 21.1 Å². The monoisotopic (exact) mass is 428 g/mol. The van der Waals surface area contributed by atoms with Crippen LogP contribution in [0.15, 0.2) is 65.7 Å². The molecule has 0 fully saturated rings. The first kappa shape index (κ1) is 20.1. The van der Waals surface area contributed by atoms with Gasteiger partial charge in [0.2, 0.25) is 10.0 Å². The van der Waals surface area contributed by atoms with Crippen molar-refractivity contribution in [1.29, 1.82) is 0 Å². The van der Waals surface area contributed by atoms with Crippen molar-refractivity contribution in [3.63, 3.8) is 0 Å². The molecule has 4 rings (SSSR count). The minimum absolute atomic E-state index is 0.0127. The summed E-state index contributed by atoms with van der Waals surface area (Å²) in [5.74, 6) is -1.35. The molecule has 2 heterocycles. The second-order valence-corrected chi connectivity index (χ2v) is 8.55. The molecule has 0 bridgehead atoms. The smallest absolute Gasteiger partial charge is 0.238 e. The first-order chi connectivity index (χ1) is 14.2. The maximum absolute atomic E-state index is 13.6. The SMILES string of the molecule is N[C@@H](Cc1cc(F)cc(F)c1)c1nc2cc[nH]c2cc1-c1ccc(S(N)(=O)=O)cc1. The average molecular weight is 428 g/mol. The maximum Gasteiger partial charge on any atom is 0.238 e. The first-order valence-electron chi connectivity index (χ1n) is 9.02. The van der Waals surface area contributed by atoms with Crippen LogP contribution in [-0.4, -0.2) is 18.4 Å². The molecule has 0 amide bonds. The first-order valence-corrected chi connectivity index (χ1v) is 10.6. The van der Waals surface area contributed by atoms with Crippen LogP contribution >= 0.6 is 0 Å². The van der Waals surface area contributed by atoms with E-state index >= 15 is 0 Å². The minimum atomic E-state index is -3.82. The van der Waals surface area contributed by atoms with Gasteiger partial charge in [-0.3, -0.25) is 0 Å². The molecule has 2 aromatic carbocycles. The number of fused-ring (bicyclic) bond motifs is 1. The lowest BCUT2D eigenvalue weighted by Crippen LogP contribution is -2.17. The Morgan fingerprint density at radius 3 is 2.30 bits per heavy atom. The molecule has 0 spiro atoms. The molecule has 0 unspecified atom stereocenters. The van der Waals surface area contributed by atoms with Gasteiger partial charge in [-0.05, 0) is 53.9 Å². The maximum atomic E-state index is 13.6. The van der Waals surface area contributed by atoms with E-state index in [0.717, 1.165) is 11.6 Å². The number of halogens is 2. The summed E-state index contributed by atoms with van der Waals surface area (Å²) in [6.45, 7) is 0. The Morgan fingerprint density at radius 1 is 1.00 bits per heavy atom. The summed E-state index contributed by atoms with van der Waals surface area (Å²) in [5.41, 5.74) is 10.1. The van der Waals surface area contributed by atoms with Gasteiger partial charge in [-0.15, -0.1) is 0 Å². The van der Waals surface area contributed by atoms with Crippen molar-refractivity contribution in [3.8, 4) is 11.1 Å². The van der Waals surface area contributed by atoms with Crippen LogP contribution in [0.25, 0.3) is 22.2 Å².